The molecule has 0 aliphatic heterocycles. The van der Waals surface area contributed by atoms with Crippen LogP contribution in [-0.4, -0.2) is 12.6 Å². The maximum absolute atomic E-state index is 11.6. The van der Waals surface area contributed by atoms with Gasteiger partial charge < -0.3 is 9.15 Å². The van der Waals surface area contributed by atoms with Gasteiger partial charge in [0.05, 0.1) is 6.61 Å². The Bertz CT molecular complexity index is 695. The van der Waals surface area contributed by atoms with Gasteiger partial charge in [0, 0.05) is 17.0 Å². The van der Waals surface area contributed by atoms with Crippen LogP contribution in [0.15, 0.2) is 45.1 Å². The van der Waals surface area contributed by atoms with Crippen LogP contribution in [0.4, 0.5) is 0 Å². The third kappa shape index (κ3) is 2.91. The average Bonchev–Trinajstić information content (AvgIpc) is 2.38. The first kappa shape index (κ1) is 13.1. The smallest absolute Gasteiger partial charge is 0.336 e. The summed E-state index contributed by atoms with van der Waals surface area (Å²) in [6.45, 7) is 3.72. The van der Waals surface area contributed by atoms with Crippen LogP contribution >= 0.6 is 0 Å². The van der Waals surface area contributed by atoms with Gasteiger partial charge in [-0.05, 0) is 31.6 Å². The highest BCUT2D eigenvalue weighted by molar-refractivity contribution is 5.96. The van der Waals surface area contributed by atoms with Crippen LogP contribution in [-0.2, 0) is 9.53 Å². The van der Waals surface area contributed by atoms with Crippen molar-refractivity contribution in [3.05, 3.63) is 51.9 Å². The number of ether oxygens (including phenoxy) is 1. The molecule has 0 aliphatic rings. The summed E-state index contributed by atoms with van der Waals surface area (Å²) < 4.78 is 10.0. The SMILES string of the molecule is CCOC(=O)/C(C)=C/c1cc(=O)oc2ccccc12. The molecule has 2 rings (SSSR count). The lowest BCUT2D eigenvalue weighted by Crippen LogP contribution is -2.05. The zero-order valence-corrected chi connectivity index (χ0v) is 10.8. The van der Waals surface area contributed by atoms with Crippen LogP contribution in [0.25, 0.3) is 17.0 Å². The molecular weight excluding hydrogens is 244 g/mol. The van der Waals surface area contributed by atoms with Gasteiger partial charge in [-0.15, -0.1) is 0 Å². The molecule has 1 heterocycles. The lowest BCUT2D eigenvalue weighted by Gasteiger charge is -2.03. The zero-order valence-electron chi connectivity index (χ0n) is 10.8. The minimum absolute atomic E-state index is 0.321. The van der Waals surface area contributed by atoms with Crippen LogP contribution < -0.4 is 5.63 Å². The van der Waals surface area contributed by atoms with Crippen LogP contribution in [0.2, 0.25) is 0 Å². The highest BCUT2D eigenvalue weighted by Gasteiger charge is 2.07. The number of para-hydroxylation sites is 1. The summed E-state index contributed by atoms with van der Waals surface area (Å²) >= 11 is 0. The Labute approximate surface area is 110 Å². The summed E-state index contributed by atoms with van der Waals surface area (Å²) in [5.74, 6) is -0.389. The zero-order chi connectivity index (χ0) is 13.8. The molecule has 0 radical (unpaired) electrons. The molecule has 0 saturated carbocycles. The van der Waals surface area contributed by atoms with Gasteiger partial charge in [-0.2, -0.15) is 0 Å². The molecular formula is C15H14O4. The number of carbonyl (C=O) groups is 1. The van der Waals surface area contributed by atoms with Crippen molar-refractivity contribution < 1.29 is 13.9 Å². The topological polar surface area (TPSA) is 56.5 Å². The summed E-state index contributed by atoms with van der Waals surface area (Å²) in [7, 11) is 0. The number of rotatable bonds is 3. The van der Waals surface area contributed by atoms with Gasteiger partial charge in [0.25, 0.3) is 0 Å². The molecule has 0 bridgehead atoms. The molecule has 0 N–H and O–H groups in total. The van der Waals surface area contributed by atoms with Gasteiger partial charge in [0.1, 0.15) is 5.58 Å². The van der Waals surface area contributed by atoms with E-state index in [2.05, 4.69) is 0 Å². The molecule has 0 aliphatic carbocycles. The molecule has 4 nitrogen and oxygen atoms in total. The molecule has 0 fully saturated rings. The van der Waals surface area contributed by atoms with Crippen molar-refractivity contribution in [1.82, 2.24) is 0 Å². The van der Waals surface area contributed by atoms with E-state index in [9.17, 15) is 9.59 Å². The normalized spacial score (nSPS) is 11.6. The van der Waals surface area contributed by atoms with Crippen molar-refractivity contribution >= 4 is 23.0 Å². The second kappa shape index (κ2) is 5.52. The van der Waals surface area contributed by atoms with E-state index < -0.39 is 5.63 Å². The first-order chi connectivity index (χ1) is 9.11. The van der Waals surface area contributed by atoms with Gasteiger partial charge in [0.2, 0.25) is 0 Å². The molecule has 1 aromatic carbocycles. The maximum Gasteiger partial charge on any atom is 0.336 e. The van der Waals surface area contributed by atoms with E-state index in [1.807, 2.05) is 12.1 Å². The predicted octanol–water partition coefficient (Wildman–Crippen LogP) is 2.76. The molecule has 0 amide bonds. The monoisotopic (exact) mass is 258 g/mol. The van der Waals surface area contributed by atoms with Gasteiger partial charge in [-0.3, -0.25) is 0 Å². The van der Waals surface area contributed by atoms with Crippen molar-refractivity contribution in [2.45, 2.75) is 13.8 Å². The summed E-state index contributed by atoms with van der Waals surface area (Å²) in [6, 6.07) is 8.55. The van der Waals surface area contributed by atoms with E-state index in [0.717, 1.165) is 5.39 Å². The Balaban J connectivity index is 2.53. The van der Waals surface area contributed by atoms with Crippen molar-refractivity contribution in [1.29, 1.82) is 0 Å². The summed E-state index contributed by atoms with van der Waals surface area (Å²) in [6.07, 6.45) is 1.64. The van der Waals surface area contributed by atoms with Crippen molar-refractivity contribution in [3.63, 3.8) is 0 Å². The van der Waals surface area contributed by atoms with Crippen LogP contribution in [0.5, 0.6) is 0 Å². The fraction of sp³-hybridized carbons (Fsp3) is 0.200. The molecule has 4 heteroatoms. The van der Waals surface area contributed by atoms with Crippen LogP contribution in [0, 0.1) is 0 Å². The Kier molecular flexibility index (Phi) is 3.80. The Morgan fingerprint density at radius 1 is 1.37 bits per heavy atom. The fourth-order valence-electron chi connectivity index (χ4n) is 1.79. The van der Waals surface area contributed by atoms with E-state index in [1.165, 1.54) is 6.07 Å². The number of fused-ring (bicyclic) bond motifs is 1. The molecule has 2 aromatic rings. The van der Waals surface area contributed by atoms with E-state index in [1.54, 1.807) is 32.1 Å². The molecule has 0 unspecified atom stereocenters. The Morgan fingerprint density at radius 2 is 2.11 bits per heavy atom. The minimum Gasteiger partial charge on any atom is -0.463 e. The number of hydrogen-bond acceptors (Lipinski definition) is 4. The van der Waals surface area contributed by atoms with Gasteiger partial charge in [-0.25, -0.2) is 9.59 Å². The molecule has 0 atom stereocenters. The van der Waals surface area contributed by atoms with E-state index in [0.29, 0.717) is 23.3 Å². The predicted molar refractivity (Wildman–Crippen MR) is 72.8 cm³/mol. The minimum atomic E-state index is -0.443. The van der Waals surface area contributed by atoms with Crippen LogP contribution in [0.1, 0.15) is 19.4 Å². The molecule has 1 aromatic heterocycles. The van der Waals surface area contributed by atoms with E-state index >= 15 is 0 Å². The maximum atomic E-state index is 11.6. The second-order valence-electron chi connectivity index (χ2n) is 4.06. The average molecular weight is 258 g/mol. The summed E-state index contributed by atoms with van der Waals surface area (Å²) in [5.41, 5.74) is 1.15. The van der Waals surface area contributed by atoms with E-state index in [-0.39, 0.29) is 5.97 Å². The second-order valence-corrected chi connectivity index (χ2v) is 4.06. The standard InChI is InChI=1S/C15H14O4/c1-3-18-15(17)10(2)8-11-9-14(16)19-13-7-5-4-6-12(11)13/h4-9H,3H2,1-2H3/b10-8+. The third-order valence-electron chi connectivity index (χ3n) is 2.65. The number of hydrogen-bond donors (Lipinski definition) is 0. The lowest BCUT2D eigenvalue weighted by atomic mass is 10.1. The quantitative estimate of drug-likeness (QED) is 0.482. The Hall–Kier alpha value is -2.36. The van der Waals surface area contributed by atoms with E-state index in [4.69, 9.17) is 9.15 Å². The summed E-state index contributed by atoms with van der Waals surface area (Å²) in [4.78, 5) is 23.0. The lowest BCUT2D eigenvalue weighted by molar-refractivity contribution is -0.138. The highest BCUT2D eigenvalue weighted by Crippen LogP contribution is 2.19. The van der Waals surface area contributed by atoms with Crippen molar-refractivity contribution in [3.8, 4) is 0 Å². The number of benzene rings is 1. The molecule has 19 heavy (non-hydrogen) atoms. The van der Waals surface area contributed by atoms with Gasteiger partial charge in [-0.1, -0.05) is 18.2 Å². The molecule has 0 spiro atoms. The van der Waals surface area contributed by atoms with Crippen LogP contribution in [0.3, 0.4) is 0 Å². The van der Waals surface area contributed by atoms with Crippen molar-refractivity contribution in [2.75, 3.05) is 6.61 Å². The first-order valence-electron chi connectivity index (χ1n) is 6.00. The fourth-order valence-corrected chi connectivity index (χ4v) is 1.79. The largest absolute Gasteiger partial charge is 0.463 e. The Morgan fingerprint density at radius 3 is 2.84 bits per heavy atom. The number of carbonyl (C=O) groups excluding carboxylic acids is 1. The molecule has 98 valence electrons. The highest BCUT2D eigenvalue weighted by atomic mass is 16.5. The summed E-state index contributed by atoms with van der Waals surface area (Å²) in [5, 5.41) is 0.783. The van der Waals surface area contributed by atoms with Gasteiger partial charge in [0.15, 0.2) is 0 Å². The molecule has 0 saturated heterocycles. The third-order valence-corrected chi connectivity index (χ3v) is 2.65. The number of esters is 1. The van der Waals surface area contributed by atoms with Gasteiger partial charge >= 0.3 is 11.6 Å². The first-order valence-corrected chi connectivity index (χ1v) is 6.00. The van der Waals surface area contributed by atoms with Crippen molar-refractivity contribution in [2.24, 2.45) is 0 Å².